The predicted molar refractivity (Wildman–Crippen MR) is 124 cm³/mol. The van der Waals surface area contributed by atoms with Crippen LogP contribution in [-0.4, -0.2) is 51.0 Å². The molecule has 5 rings (SSSR count). The SMILES string of the molecule is CN=C1Nc2cc(-n3cc([C@@H]4CCCN4C(=O)OC(C)(C)C)nn3)c(Cl)cc2C12CCC2. The molecule has 1 saturated carbocycles. The van der Waals surface area contributed by atoms with Gasteiger partial charge in [0.15, 0.2) is 0 Å². The van der Waals surface area contributed by atoms with E-state index in [0.717, 1.165) is 48.6 Å². The molecule has 0 bridgehead atoms. The molecule has 0 radical (unpaired) electrons. The zero-order valence-electron chi connectivity index (χ0n) is 19.0. The van der Waals surface area contributed by atoms with Crippen LogP contribution < -0.4 is 5.32 Å². The summed E-state index contributed by atoms with van der Waals surface area (Å²) in [7, 11) is 1.83. The molecule has 2 fully saturated rings. The number of nitrogens with zero attached hydrogens (tertiary/aromatic N) is 5. The smallest absolute Gasteiger partial charge is 0.410 e. The third-order valence-corrected chi connectivity index (χ3v) is 7.02. The lowest BCUT2D eigenvalue weighted by molar-refractivity contribution is 0.0221. The topological polar surface area (TPSA) is 84.6 Å². The minimum absolute atomic E-state index is 0.0163. The Bertz CT molecular complexity index is 1100. The van der Waals surface area contributed by atoms with E-state index in [0.29, 0.717) is 11.6 Å². The Hall–Kier alpha value is -2.61. The average molecular weight is 457 g/mol. The van der Waals surface area contributed by atoms with Crippen molar-refractivity contribution < 1.29 is 9.53 Å². The molecule has 1 aromatic heterocycles. The first-order chi connectivity index (χ1) is 15.2. The van der Waals surface area contributed by atoms with Crippen LogP contribution in [0.15, 0.2) is 23.3 Å². The molecule has 1 saturated heterocycles. The summed E-state index contributed by atoms with van der Waals surface area (Å²) in [5, 5.41) is 12.8. The van der Waals surface area contributed by atoms with Crippen LogP contribution in [0, 0.1) is 0 Å². The molecule has 1 amide bonds. The summed E-state index contributed by atoms with van der Waals surface area (Å²) in [5.41, 5.74) is 3.18. The van der Waals surface area contributed by atoms with Crippen molar-refractivity contribution in [1.82, 2.24) is 19.9 Å². The first-order valence-corrected chi connectivity index (χ1v) is 11.6. The van der Waals surface area contributed by atoms with E-state index in [2.05, 4.69) is 20.6 Å². The maximum absolute atomic E-state index is 12.7. The van der Waals surface area contributed by atoms with Crippen molar-refractivity contribution in [2.45, 2.75) is 69.9 Å². The van der Waals surface area contributed by atoms with Crippen molar-refractivity contribution in [3.63, 3.8) is 0 Å². The number of nitrogens with one attached hydrogen (secondary N) is 1. The van der Waals surface area contributed by atoms with Crippen LogP contribution in [0.5, 0.6) is 0 Å². The second kappa shape index (κ2) is 7.47. The highest BCUT2D eigenvalue weighted by molar-refractivity contribution is 6.33. The van der Waals surface area contributed by atoms with Crippen LogP contribution in [0.2, 0.25) is 5.02 Å². The summed E-state index contributed by atoms with van der Waals surface area (Å²) < 4.78 is 7.28. The Morgan fingerprint density at radius 3 is 2.75 bits per heavy atom. The molecule has 8 nitrogen and oxygen atoms in total. The van der Waals surface area contributed by atoms with Gasteiger partial charge >= 0.3 is 6.09 Å². The van der Waals surface area contributed by atoms with Gasteiger partial charge in [0.25, 0.3) is 0 Å². The van der Waals surface area contributed by atoms with E-state index >= 15 is 0 Å². The molecule has 1 aliphatic carbocycles. The lowest BCUT2D eigenvalue weighted by atomic mass is 9.65. The van der Waals surface area contributed by atoms with E-state index in [4.69, 9.17) is 16.3 Å². The van der Waals surface area contributed by atoms with Crippen LogP contribution in [0.25, 0.3) is 5.69 Å². The van der Waals surface area contributed by atoms with Crippen LogP contribution in [-0.2, 0) is 10.2 Å². The number of amidine groups is 1. The second-order valence-corrected chi connectivity index (χ2v) is 10.3. The predicted octanol–water partition coefficient (Wildman–Crippen LogP) is 4.87. The third-order valence-electron chi connectivity index (χ3n) is 6.72. The van der Waals surface area contributed by atoms with Crippen LogP contribution in [0.3, 0.4) is 0 Å². The number of carbonyl (C=O) groups is 1. The number of aliphatic imine (C=N–C) groups is 1. The number of ether oxygens (including phenoxy) is 1. The molecule has 2 aromatic rings. The first-order valence-electron chi connectivity index (χ1n) is 11.2. The summed E-state index contributed by atoms with van der Waals surface area (Å²) in [6.07, 6.45) is 6.66. The highest BCUT2D eigenvalue weighted by atomic mass is 35.5. The summed E-state index contributed by atoms with van der Waals surface area (Å²) in [5.74, 6) is 1.02. The van der Waals surface area contributed by atoms with Gasteiger partial charge in [0.1, 0.15) is 17.1 Å². The van der Waals surface area contributed by atoms with Crippen molar-refractivity contribution in [3.8, 4) is 5.69 Å². The molecule has 1 spiro atoms. The Labute approximate surface area is 193 Å². The van der Waals surface area contributed by atoms with Crippen LogP contribution in [0.4, 0.5) is 10.5 Å². The molecule has 32 heavy (non-hydrogen) atoms. The maximum atomic E-state index is 12.7. The summed E-state index contributed by atoms with van der Waals surface area (Å²) in [6, 6.07) is 3.91. The van der Waals surface area contributed by atoms with Gasteiger partial charge in [-0.3, -0.25) is 9.89 Å². The van der Waals surface area contributed by atoms with Gasteiger partial charge in [-0.1, -0.05) is 23.2 Å². The van der Waals surface area contributed by atoms with Gasteiger partial charge in [0.05, 0.1) is 28.4 Å². The summed E-state index contributed by atoms with van der Waals surface area (Å²) in [6.45, 7) is 6.27. The highest BCUT2D eigenvalue weighted by Crippen LogP contribution is 2.52. The molecule has 9 heteroatoms. The molecule has 170 valence electrons. The lowest BCUT2D eigenvalue weighted by Gasteiger charge is -2.38. The van der Waals surface area contributed by atoms with Crippen molar-refractivity contribution in [2.24, 2.45) is 4.99 Å². The normalized spacial score (nSPS) is 22.7. The largest absolute Gasteiger partial charge is 0.444 e. The van der Waals surface area contributed by atoms with Gasteiger partial charge in [0.2, 0.25) is 0 Å². The van der Waals surface area contributed by atoms with Gasteiger partial charge in [0, 0.05) is 19.3 Å². The van der Waals surface area contributed by atoms with Crippen molar-refractivity contribution in [1.29, 1.82) is 0 Å². The molecule has 2 aliphatic heterocycles. The van der Waals surface area contributed by atoms with Gasteiger partial charge in [-0.25, -0.2) is 9.48 Å². The minimum Gasteiger partial charge on any atom is -0.444 e. The van der Waals surface area contributed by atoms with E-state index in [-0.39, 0.29) is 17.6 Å². The zero-order valence-corrected chi connectivity index (χ0v) is 19.7. The molecular formula is C23H29ClN6O2. The fourth-order valence-corrected chi connectivity index (χ4v) is 5.33. The van der Waals surface area contributed by atoms with E-state index in [1.165, 1.54) is 12.0 Å². The number of fused-ring (bicyclic) bond motifs is 2. The number of amides is 1. The van der Waals surface area contributed by atoms with Crippen molar-refractivity contribution >= 4 is 29.2 Å². The average Bonchev–Trinajstić information content (AvgIpc) is 3.41. The molecule has 3 aliphatic rings. The van der Waals surface area contributed by atoms with Crippen LogP contribution in [0.1, 0.15) is 70.2 Å². The first kappa shape index (κ1) is 21.2. The van der Waals surface area contributed by atoms with E-state index in [1.54, 1.807) is 9.58 Å². The van der Waals surface area contributed by atoms with E-state index in [1.807, 2.05) is 46.1 Å². The van der Waals surface area contributed by atoms with Crippen molar-refractivity contribution in [2.75, 3.05) is 18.9 Å². The van der Waals surface area contributed by atoms with Gasteiger partial charge in [-0.05, 0) is 64.2 Å². The Kier molecular flexibility index (Phi) is 4.96. The number of hydrogen-bond acceptors (Lipinski definition) is 5. The number of halogens is 1. The highest BCUT2D eigenvalue weighted by Gasteiger charge is 2.49. The fourth-order valence-electron chi connectivity index (χ4n) is 5.08. The van der Waals surface area contributed by atoms with Gasteiger partial charge in [-0.2, -0.15) is 0 Å². The maximum Gasteiger partial charge on any atom is 0.410 e. The molecule has 3 heterocycles. The number of hydrogen-bond donors (Lipinski definition) is 1. The molecule has 0 unspecified atom stereocenters. The molecule has 1 atom stereocenters. The molecule has 1 N–H and O–H groups in total. The number of anilines is 1. The minimum atomic E-state index is -0.536. The summed E-state index contributed by atoms with van der Waals surface area (Å²) >= 11 is 6.72. The van der Waals surface area contributed by atoms with Crippen molar-refractivity contribution in [3.05, 3.63) is 34.6 Å². The van der Waals surface area contributed by atoms with E-state index in [9.17, 15) is 4.79 Å². The number of likely N-dealkylation sites (tertiary alicyclic amines) is 1. The quantitative estimate of drug-likeness (QED) is 0.696. The molecule has 1 aromatic carbocycles. The number of aromatic nitrogens is 3. The standard InChI is InChI=1S/C23H29ClN6O2/c1-22(2,3)32-21(31)29-10-5-7-18(29)17-13-30(28-27-17)19-12-16-14(11-15(19)24)23(8-6-9-23)20(25-4)26-16/h11-13,18H,5-10H2,1-4H3,(H,25,26)/t18-/m0/s1. The number of rotatable bonds is 2. The fraction of sp³-hybridized carbons (Fsp3) is 0.565. The molecular weight excluding hydrogens is 428 g/mol. The second-order valence-electron chi connectivity index (χ2n) is 9.90. The number of carbonyl (C=O) groups excluding carboxylic acids is 1. The monoisotopic (exact) mass is 456 g/mol. The van der Waals surface area contributed by atoms with Crippen LogP contribution >= 0.6 is 11.6 Å². The van der Waals surface area contributed by atoms with E-state index < -0.39 is 5.60 Å². The van der Waals surface area contributed by atoms with Gasteiger partial charge < -0.3 is 10.1 Å². The lowest BCUT2D eigenvalue weighted by Crippen LogP contribution is -2.41. The number of benzene rings is 1. The van der Waals surface area contributed by atoms with Gasteiger partial charge in [-0.15, -0.1) is 5.10 Å². The summed E-state index contributed by atoms with van der Waals surface area (Å²) in [4.78, 5) is 18.9. The Balaban J connectivity index is 1.43. The Morgan fingerprint density at radius 1 is 1.31 bits per heavy atom. The Morgan fingerprint density at radius 2 is 2.09 bits per heavy atom. The zero-order chi connectivity index (χ0) is 22.7. The third kappa shape index (κ3) is 3.36.